The van der Waals surface area contributed by atoms with E-state index in [1.54, 1.807) is 0 Å². The average Bonchev–Trinajstić information content (AvgIpc) is 3.19. The minimum Gasteiger partial charge on any atom is -0.490 e. The molecule has 3 rings (SSSR count). The van der Waals surface area contributed by atoms with Gasteiger partial charge in [0.15, 0.2) is 11.6 Å². The molecule has 0 amide bonds. The average molecular weight is 261 g/mol. The summed E-state index contributed by atoms with van der Waals surface area (Å²) < 4.78 is 5.74. The monoisotopic (exact) mass is 261 g/mol. The van der Waals surface area contributed by atoms with Gasteiger partial charge in [-0.3, -0.25) is 4.90 Å². The van der Waals surface area contributed by atoms with E-state index in [2.05, 4.69) is 22.1 Å². The minimum absolute atomic E-state index is 0.513. The molecule has 2 fully saturated rings. The summed E-state index contributed by atoms with van der Waals surface area (Å²) in [6.45, 7) is 5.24. The summed E-state index contributed by atoms with van der Waals surface area (Å²) in [5, 5.41) is 3.55. The highest BCUT2D eigenvalue weighted by atomic mass is 16.5. The molecule has 1 saturated carbocycles. The van der Waals surface area contributed by atoms with Gasteiger partial charge in [-0.25, -0.2) is 4.98 Å². The van der Waals surface area contributed by atoms with E-state index in [1.807, 2.05) is 18.3 Å². The van der Waals surface area contributed by atoms with Gasteiger partial charge in [-0.1, -0.05) is 6.92 Å². The minimum atomic E-state index is 0.513. The van der Waals surface area contributed by atoms with E-state index in [4.69, 9.17) is 4.74 Å². The first-order valence-electron chi connectivity index (χ1n) is 7.45. The predicted octanol–water partition coefficient (Wildman–Crippen LogP) is 2.52. The first-order chi connectivity index (χ1) is 9.36. The second-order valence-corrected chi connectivity index (χ2v) is 5.55. The third-order valence-electron chi connectivity index (χ3n) is 3.86. The Labute approximate surface area is 115 Å². The van der Waals surface area contributed by atoms with Gasteiger partial charge in [0.1, 0.15) is 0 Å². The summed E-state index contributed by atoms with van der Waals surface area (Å²) in [6.07, 6.45) is 6.84. The fraction of sp³-hybridized carbons (Fsp3) is 0.667. The number of aromatic nitrogens is 1. The Morgan fingerprint density at radius 3 is 3.11 bits per heavy atom. The topological polar surface area (TPSA) is 37.4 Å². The van der Waals surface area contributed by atoms with Gasteiger partial charge in [0, 0.05) is 31.4 Å². The lowest BCUT2D eigenvalue weighted by Crippen LogP contribution is -2.28. The van der Waals surface area contributed by atoms with Gasteiger partial charge in [0.2, 0.25) is 0 Å². The molecule has 2 heterocycles. The predicted molar refractivity (Wildman–Crippen MR) is 76.6 cm³/mol. The van der Waals surface area contributed by atoms with Crippen molar-refractivity contribution in [1.29, 1.82) is 0 Å². The van der Waals surface area contributed by atoms with Crippen molar-refractivity contribution in [1.82, 2.24) is 9.88 Å². The number of likely N-dealkylation sites (tertiary alicyclic amines) is 1. The zero-order chi connectivity index (χ0) is 13.1. The van der Waals surface area contributed by atoms with Gasteiger partial charge in [0.05, 0.1) is 6.61 Å². The van der Waals surface area contributed by atoms with Crippen LogP contribution in [-0.4, -0.2) is 41.7 Å². The van der Waals surface area contributed by atoms with E-state index in [0.717, 1.165) is 37.2 Å². The molecule has 1 atom stereocenters. The molecule has 1 saturated heterocycles. The molecule has 4 nitrogen and oxygen atoms in total. The maximum Gasteiger partial charge on any atom is 0.169 e. The normalized spacial score (nSPS) is 23.5. The van der Waals surface area contributed by atoms with Gasteiger partial charge in [-0.2, -0.15) is 0 Å². The lowest BCUT2D eigenvalue weighted by Gasteiger charge is -2.18. The Balaban J connectivity index is 1.59. The molecular weight excluding hydrogens is 238 g/mol. The highest BCUT2D eigenvalue weighted by molar-refractivity contribution is 5.50. The summed E-state index contributed by atoms with van der Waals surface area (Å²) in [5.41, 5.74) is 0. The second kappa shape index (κ2) is 5.78. The van der Waals surface area contributed by atoms with Crippen molar-refractivity contribution in [2.75, 3.05) is 25.0 Å². The van der Waals surface area contributed by atoms with Crippen molar-refractivity contribution in [2.24, 2.45) is 0 Å². The van der Waals surface area contributed by atoms with Gasteiger partial charge < -0.3 is 10.1 Å². The van der Waals surface area contributed by atoms with Crippen molar-refractivity contribution in [3.63, 3.8) is 0 Å². The van der Waals surface area contributed by atoms with Gasteiger partial charge >= 0.3 is 0 Å². The van der Waals surface area contributed by atoms with Gasteiger partial charge in [-0.15, -0.1) is 0 Å². The van der Waals surface area contributed by atoms with Crippen LogP contribution >= 0.6 is 0 Å². The number of ether oxygens (including phenoxy) is 1. The first-order valence-corrected chi connectivity index (χ1v) is 7.45. The van der Waals surface area contributed by atoms with Crippen LogP contribution in [0, 0.1) is 0 Å². The second-order valence-electron chi connectivity index (χ2n) is 5.55. The van der Waals surface area contributed by atoms with Crippen LogP contribution in [0.2, 0.25) is 0 Å². The van der Waals surface area contributed by atoms with E-state index >= 15 is 0 Å². The van der Waals surface area contributed by atoms with Gasteiger partial charge in [-0.05, 0) is 37.8 Å². The van der Waals surface area contributed by atoms with E-state index in [0.29, 0.717) is 6.04 Å². The Morgan fingerprint density at radius 1 is 1.42 bits per heavy atom. The molecule has 104 valence electrons. The standard InChI is InChI=1S/C15H23N3O/c1-2-10-19-14-4-3-8-16-15(14)17-12-7-9-18(11-12)13-5-6-13/h3-4,8,12-13H,2,5-7,9-11H2,1H3,(H,16,17). The third kappa shape index (κ3) is 3.18. The summed E-state index contributed by atoms with van der Waals surface area (Å²) in [4.78, 5) is 7.03. The summed E-state index contributed by atoms with van der Waals surface area (Å²) >= 11 is 0. The lowest BCUT2D eigenvalue weighted by molar-refractivity contribution is 0.316. The van der Waals surface area contributed by atoms with Crippen LogP contribution < -0.4 is 10.1 Å². The molecular formula is C15H23N3O. The lowest BCUT2D eigenvalue weighted by atomic mass is 10.2. The molecule has 0 spiro atoms. The molecule has 1 aromatic rings. The number of nitrogens with one attached hydrogen (secondary N) is 1. The summed E-state index contributed by atoms with van der Waals surface area (Å²) in [7, 11) is 0. The van der Waals surface area contributed by atoms with Crippen LogP contribution in [0.15, 0.2) is 18.3 Å². The number of hydrogen-bond acceptors (Lipinski definition) is 4. The molecule has 4 heteroatoms. The maximum atomic E-state index is 5.74. The fourth-order valence-corrected chi connectivity index (χ4v) is 2.70. The van der Waals surface area contributed by atoms with Crippen LogP contribution in [0.4, 0.5) is 5.82 Å². The van der Waals surface area contributed by atoms with Crippen molar-refractivity contribution in [2.45, 2.75) is 44.7 Å². The van der Waals surface area contributed by atoms with E-state index in [1.165, 1.54) is 25.8 Å². The van der Waals surface area contributed by atoms with E-state index < -0.39 is 0 Å². The van der Waals surface area contributed by atoms with Crippen molar-refractivity contribution in [3.05, 3.63) is 18.3 Å². The summed E-state index contributed by atoms with van der Waals surface area (Å²) in [5.74, 6) is 1.79. The number of nitrogens with zero attached hydrogens (tertiary/aromatic N) is 2. The molecule has 1 aliphatic heterocycles. The SMILES string of the molecule is CCCOc1cccnc1NC1CCN(C2CC2)C1. The van der Waals surface area contributed by atoms with E-state index in [9.17, 15) is 0 Å². The van der Waals surface area contributed by atoms with E-state index in [-0.39, 0.29) is 0 Å². The molecule has 1 aromatic heterocycles. The molecule has 1 N–H and O–H groups in total. The fourth-order valence-electron chi connectivity index (χ4n) is 2.70. The Hall–Kier alpha value is -1.29. The van der Waals surface area contributed by atoms with Crippen LogP contribution in [0.1, 0.15) is 32.6 Å². The quantitative estimate of drug-likeness (QED) is 0.854. The zero-order valence-electron chi connectivity index (χ0n) is 11.6. The molecule has 0 bridgehead atoms. The number of pyridine rings is 1. The number of anilines is 1. The number of rotatable bonds is 6. The molecule has 2 aliphatic rings. The molecule has 0 radical (unpaired) electrons. The molecule has 1 unspecified atom stereocenters. The zero-order valence-corrected chi connectivity index (χ0v) is 11.6. The van der Waals surface area contributed by atoms with Crippen molar-refractivity contribution in [3.8, 4) is 5.75 Å². The molecule has 0 aromatic carbocycles. The van der Waals surface area contributed by atoms with Crippen LogP contribution in [0.25, 0.3) is 0 Å². The smallest absolute Gasteiger partial charge is 0.169 e. The van der Waals surface area contributed by atoms with Crippen LogP contribution in [-0.2, 0) is 0 Å². The van der Waals surface area contributed by atoms with Crippen molar-refractivity contribution < 1.29 is 4.74 Å². The third-order valence-corrected chi connectivity index (χ3v) is 3.86. The Bertz CT molecular complexity index is 420. The summed E-state index contributed by atoms with van der Waals surface area (Å²) in [6, 6.07) is 5.31. The van der Waals surface area contributed by atoms with Crippen LogP contribution in [0.3, 0.4) is 0 Å². The molecule has 19 heavy (non-hydrogen) atoms. The largest absolute Gasteiger partial charge is 0.490 e. The number of hydrogen-bond donors (Lipinski definition) is 1. The Kier molecular flexibility index (Phi) is 3.87. The van der Waals surface area contributed by atoms with Gasteiger partial charge in [0.25, 0.3) is 0 Å². The van der Waals surface area contributed by atoms with Crippen LogP contribution in [0.5, 0.6) is 5.75 Å². The maximum absolute atomic E-state index is 5.74. The Morgan fingerprint density at radius 2 is 2.32 bits per heavy atom. The van der Waals surface area contributed by atoms with Crippen molar-refractivity contribution >= 4 is 5.82 Å². The highest BCUT2D eigenvalue weighted by Gasteiger charge is 2.34. The molecule has 1 aliphatic carbocycles. The first kappa shape index (κ1) is 12.7. The highest BCUT2D eigenvalue weighted by Crippen LogP contribution is 2.31.